The Hall–Kier alpha value is -2.64. The molecule has 0 spiro atoms. The first-order valence-corrected chi connectivity index (χ1v) is 7.88. The maximum atomic E-state index is 11.8. The number of aliphatic hydroxyl groups is 1. The summed E-state index contributed by atoms with van der Waals surface area (Å²) in [7, 11) is 0. The molecule has 0 amide bonds. The lowest BCUT2D eigenvalue weighted by Crippen LogP contribution is -2.27. The molecule has 23 heavy (non-hydrogen) atoms. The smallest absolute Gasteiger partial charge is 0.142 e. The van der Waals surface area contributed by atoms with E-state index < -0.39 is 5.60 Å². The van der Waals surface area contributed by atoms with Crippen LogP contribution in [0.2, 0.25) is 0 Å². The summed E-state index contributed by atoms with van der Waals surface area (Å²) in [6, 6.07) is 24.4. The van der Waals surface area contributed by atoms with Crippen LogP contribution in [-0.4, -0.2) is 5.11 Å². The lowest BCUT2D eigenvalue weighted by atomic mass is 9.81. The highest BCUT2D eigenvalue weighted by molar-refractivity contribution is 5.82. The number of allylic oxidation sites excluding steroid dienone is 1. The Bertz CT molecular complexity index is 846. The molecule has 1 N–H and O–H groups in total. The van der Waals surface area contributed by atoms with Crippen molar-refractivity contribution in [3.8, 4) is 11.1 Å². The van der Waals surface area contributed by atoms with Crippen molar-refractivity contribution in [2.24, 2.45) is 0 Å². The molecule has 0 bridgehead atoms. The quantitative estimate of drug-likeness (QED) is 0.696. The molecule has 1 aliphatic carbocycles. The van der Waals surface area contributed by atoms with Crippen LogP contribution < -0.4 is 0 Å². The van der Waals surface area contributed by atoms with Crippen LogP contribution in [0.4, 0.5) is 0 Å². The fraction of sp³-hybridized carbons (Fsp3) is 0.0909. The highest BCUT2D eigenvalue weighted by Crippen LogP contribution is 2.51. The molecule has 1 nitrogen and oxygen atoms in total. The average Bonchev–Trinajstić information content (AvgIpc) is 2.87. The number of rotatable bonds is 3. The molecule has 0 fully saturated rings. The van der Waals surface area contributed by atoms with Gasteiger partial charge in [-0.05, 0) is 28.7 Å². The summed E-state index contributed by atoms with van der Waals surface area (Å²) >= 11 is 0. The van der Waals surface area contributed by atoms with E-state index in [1.807, 2.05) is 60.7 Å². The van der Waals surface area contributed by atoms with Gasteiger partial charge in [0.15, 0.2) is 0 Å². The SMILES string of the molecule is C=CCc1ccccc1C1(O)c2ccccc2-c2ccccc21. The fourth-order valence-corrected chi connectivity index (χ4v) is 3.71. The second-order valence-corrected chi connectivity index (χ2v) is 5.95. The zero-order chi connectivity index (χ0) is 15.9. The van der Waals surface area contributed by atoms with Gasteiger partial charge in [-0.25, -0.2) is 0 Å². The maximum Gasteiger partial charge on any atom is 0.142 e. The largest absolute Gasteiger partial charge is 0.376 e. The Labute approximate surface area is 136 Å². The Morgan fingerprint density at radius 1 is 0.739 bits per heavy atom. The molecule has 3 aromatic carbocycles. The van der Waals surface area contributed by atoms with E-state index >= 15 is 0 Å². The normalized spacial score (nSPS) is 14.1. The van der Waals surface area contributed by atoms with Crippen LogP contribution in [-0.2, 0) is 12.0 Å². The van der Waals surface area contributed by atoms with Crippen molar-refractivity contribution >= 4 is 0 Å². The lowest BCUT2D eigenvalue weighted by molar-refractivity contribution is 0.130. The Morgan fingerprint density at radius 3 is 1.78 bits per heavy atom. The third-order valence-electron chi connectivity index (χ3n) is 4.70. The number of benzene rings is 3. The molecule has 0 saturated heterocycles. The monoisotopic (exact) mass is 298 g/mol. The Kier molecular flexibility index (Phi) is 3.17. The van der Waals surface area contributed by atoms with Gasteiger partial charge in [0.1, 0.15) is 5.60 Å². The minimum Gasteiger partial charge on any atom is -0.376 e. The van der Waals surface area contributed by atoms with Crippen molar-refractivity contribution in [1.29, 1.82) is 0 Å². The van der Waals surface area contributed by atoms with Crippen molar-refractivity contribution in [2.45, 2.75) is 12.0 Å². The van der Waals surface area contributed by atoms with Gasteiger partial charge in [0.25, 0.3) is 0 Å². The molecule has 1 heteroatoms. The van der Waals surface area contributed by atoms with E-state index in [9.17, 15) is 5.11 Å². The molecule has 0 aliphatic heterocycles. The fourth-order valence-electron chi connectivity index (χ4n) is 3.71. The number of hydrogen-bond donors (Lipinski definition) is 1. The first-order chi connectivity index (χ1) is 11.3. The zero-order valence-corrected chi connectivity index (χ0v) is 12.9. The van der Waals surface area contributed by atoms with Crippen LogP contribution in [0.25, 0.3) is 11.1 Å². The first kappa shape index (κ1) is 14.0. The maximum absolute atomic E-state index is 11.8. The molecule has 0 aromatic heterocycles. The van der Waals surface area contributed by atoms with E-state index in [0.717, 1.165) is 39.8 Å². The molecular weight excluding hydrogens is 280 g/mol. The van der Waals surface area contributed by atoms with E-state index in [-0.39, 0.29) is 0 Å². The van der Waals surface area contributed by atoms with E-state index in [1.54, 1.807) is 0 Å². The van der Waals surface area contributed by atoms with Gasteiger partial charge in [0, 0.05) is 11.1 Å². The van der Waals surface area contributed by atoms with Crippen LogP contribution in [0.15, 0.2) is 85.5 Å². The molecular formula is C22H18O. The van der Waals surface area contributed by atoms with E-state index in [4.69, 9.17) is 0 Å². The second-order valence-electron chi connectivity index (χ2n) is 5.95. The average molecular weight is 298 g/mol. The van der Waals surface area contributed by atoms with Gasteiger partial charge in [0.05, 0.1) is 0 Å². The third-order valence-corrected chi connectivity index (χ3v) is 4.70. The predicted octanol–water partition coefficient (Wildman–Crippen LogP) is 4.68. The van der Waals surface area contributed by atoms with E-state index in [0.29, 0.717) is 0 Å². The predicted molar refractivity (Wildman–Crippen MR) is 94.3 cm³/mol. The lowest BCUT2D eigenvalue weighted by Gasteiger charge is -2.28. The second kappa shape index (κ2) is 5.22. The van der Waals surface area contributed by atoms with Crippen LogP contribution in [0, 0.1) is 0 Å². The van der Waals surface area contributed by atoms with Crippen LogP contribution in [0.1, 0.15) is 22.3 Å². The van der Waals surface area contributed by atoms with Crippen LogP contribution in [0.5, 0.6) is 0 Å². The number of hydrogen-bond acceptors (Lipinski definition) is 1. The molecule has 1 aliphatic rings. The number of fused-ring (bicyclic) bond motifs is 3. The van der Waals surface area contributed by atoms with Crippen LogP contribution in [0.3, 0.4) is 0 Å². The van der Waals surface area contributed by atoms with Gasteiger partial charge in [-0.15, -0.1) is 6.58 Å². The van der Waals surface area contributed by atoms with Crippen molar-refractivity contribution in [3.63, 3.8) is 0 Å². The Morgan fingerprint density at radius 2 is 1.22 bits per heavy atom. The molecule has 4 rings (SSSR count). The van der Waals surface area contributed by atoms with Gasteiger partial charge in [0.2, 0.25) is 0 Å². The van der Waals surface area contributed by atoms with Crippen molar-refractivity contribution in [2.75, 3.05) is 0 Å². The van der Waals surface area contributed by atoms with Gasteiger partial charge in [-0.2, -0.15) is 0 Å². The minimum absolute atomic E-state index is 0.739. The highest BCUT2D eigenvalue weighted by atomic mass is 16.3. The van der Waals surface area contributed by atoms with Gasteiger partial charge in [-0.3, -0.25) is 0 Å². The van der Waals surface area contributed by atoms with Crippen molar-refractivity contribution < 1.29 is 5.11 Å². The van der Waals surface area contributed by atoms with Crippen molar-refractivity contribution in [1.82, 2.24) is 0 Å². The molecule has 0 radical (unpaired) electrons. The summed E-state index contributed by atoms with van der Waals surface area (Å²) in [4.78, 5) is 0. The first-order valence-electron chi connectivity index (χ1n) is 7.88. The summed E-state index contributed by atoms with van der Waals surface area (Å²) in [6.45, 7) is 3.85. The molecule has 112 valence electrons. The topological polar surface area (TPSA) is 20.2 Å². The van der Waals surface area contributed by atoms with Crippen LogP contribution >= 0.6 is 0 Å². The molecule has 0 unspecified atom stereocenters. The molecule has 3 aromatic rings. The summed E-state index contributed by atoms with van der Waals surface area (Å²) in [5, 5.41) is 11.8. The summed E-state index contributed by atoms with van der Waals surface area (Å²) < 4.78 is 0. The van der Waals surface area contributed by atoms with Gasteiger partial charge >= 0.3 is 0 Å². The Balaban J connectivity index is 2.06. The summed E-state index contributed by atoms with van der Waals surface area (Å²) in [5.41, 5.74) is 5.08. The molecule has 0 saturated carbocycles. The third kappa shape index (κ3) is 1.90. The zero-order valence-electron chi connectivity index (χ0n) is 12.9. The standard InChI is InChI=1S/C22H18O/c1-2-9-16-10-3-6-13-19(16)22(23)20-14-7-4-11-17(20)18-12-5-8-15-21(18)22/h2-8,10-15,23H,1,9H2. The minimum atomic E-state index is -1.10. The highest BCUT2D eigenvalue weighted by Gasteiger charge is 2.43. The van der Waals surface area contributed by atoms with E-state index in [1.165, 1.54) is 0 Å². The molecule has 0 heterocycles. The van der Waals surface area contributed by atoms with Gasteiger partial charge in [-0.1, -0.05) is 78.9 Å². The van der Waals surface area contributed by atoms with Crippen molar-refractivity contribution in [3.05, 3.63) is 108 Å². The molecule has 0 atom stereocenters. The van der Waals surface area contributed by atoms with Gasteiger partial charge < -0.3 is 5.11 Å². The summed E-state index contributed by atoms with van der Waals surface area (Å²) in [5.74, 6) is 0. The van der Waals surface area contributed by atoms with E-state index in [2.05, 4.69) is 24.8 Å². The summed E-state index contributed by atoms with van der Waals surface area (Å²) in [6.07, 6.45) is 2.62.